The number of nitrogens with zero attached hydrogens (tertiary/aromatic N) is 1. The first kappa shape index (κ1) is 22.2. The van der Waals surface area contributed by atoms with Gasteiger partial charge in [-0.3, -0.25) is 9.59 Å². The minimum absolute atomic E-state index is 0.0773. The van der Waals surface area contributed by atoms with E-state index in [-0.39, 0.29) is 18.0 Å². The lowest BCUT2D eigenvalue weighted by Crippen LogP contribution is -2.28. The highest BCUT2D eigenvalue weighted by molar-refractivity contribution is 6.07. The highest BCUT2D eigenvalue weighted by Gasteiger charge is 2.24. The minimum Gasteiger partial charge on any atom is -0.454 e. The van der Waals surface area contributed by atoms with Gasteiger partial charge >= 0.3 is 5.97 Å². The number of fused-ring (bicyclic) bond motifs is 2. The van der Waals surface area contributed by atoms with E-state index in [1.165, 1.54) is 11.6 Å². The summed E-state index contributed by atoms with van der Waals surface area (Å²) in [5.74, 6) is -0.185. The first-order valence-corrected chi connectivity index (χ1v) is 11.0. The van der Waals surface area contributed by atoms with Crippen LogP contribution >= 0.6 is 0 Å². The highest BCUT2D eigenvalue weighted by atomic mass is 16.7. The van der Waals surface area contributed by atoms with E-state index in [0.29, 0.717) is 33.5 Å². The van der Waals surface area contributed by atoms with E-state index in [0.717, 1.165) is 11.1 Å². The summed E-state index contributed by atoms with van der Waals surface area (Å²) in [6.45, 7) is 1.57. The summed E-state index contributed by atoms with van der Waals surface area (Å²) in [6, 6.07) is 19.7. The normalized spacial score (nSPS) is 11.9. The molecule has 0 saturated carbocycles. The number of rotatable bonds is 5. The molecule has 176 valence electrons. The Morgan fingerprint density at radius 1 is 0.971 bits per heavy atom. The number of aryl methyl sites for hydroxylation is 1. The smallest absolute Gasteiger partial charge is 0.356 e. The van der Waals surface area contributed by atoms with Gasteiger partial charge in [-0.2, -0.15) is 0 Å². The van der Waals surface area contributed by atoms with Crippen molar-refractivity contribution < 1.29 is 23.8 Å². The van der Waals surface area contributed by atoms with Crippen molar-refractivity contribution in [3.63, 3.8) is 0 Å². The van der Waals surface area contributed by atoms with Crippen LogP contribution in [0.3, 0.4) is 0 Å². The summed E-state index contributed by atoms with van der Waals surface area (Å²) in [5.41, 5.74) is 2.63. The molecule has 0 aliphatic carbocycles. The van der Waals surface area contributed by atoms with Crippen LogP contribution < -0.4 is 20.3 Å². The Morgan fingerprint density at radius 2 is 1.69 bits per heavy atom. The molecule has 0 spiro atoms. The molecule has 5 rings (SSSR count). The van der Waals surface area contributed by atoms with E-state index < -0.39 is 18.5 Å². The zero-order valence-electron chi connectivity index (χ0n) is 19.2. The predicted molar refractivity (Wildman–Crippen MR) is 131 cm³/mol. The van der Waals surface area contributed by atoms with E-state index in [1.54, 1.807) is 36.4 Å². The summed E-state index contributed by atoms with van der Waals surface area (Å²) in [4.78, 5) is 38.7. The number of pyridine rings is 1. The summed E-state index contributed by atoms with van der Waals surface area (Å²) in [5, 5.41) is 3.79. The summed E-state index contributed by atoms with van der Waals surface area (Å²) in [6.07, 6.45) is 0. The zero-order chi connectivity index (χ0) is 24.5. The average molecular weight is 470 g/mol. The van der Waals surface area contributed by atoms with Gasteiger partial charge in [0.15, 0.2) is 18.1 Å². The van der Waals surface area contributed by atoms with Gasteiger partial charge in [0.2, 0.25) is 6.79 Å². The molecule has 1 aliphatic heterocycles. The Hall–Kier alpha value is -4.59. The number of nitrogens with one attached hydrogen (secondary N) is 1. The van der Waals surface area contributed by atoms with Gasteiger partial charge in [-0.25, -0.2) is 4.79 Å². The van der Waals surface area contributed by atoms with Crippen molar-refractivity contribution in [2.75, 3.05) is 18.7 Å². The van der Waals surface area contributed by atoms with Crippen molar-refractivity contribution in [2.24, 2.45) is 7.05 Å². The molecule has 2 heterocycles. The maximum atomic E-state index is 13.2. The number of anilines is 1. The van der Waals surface area contributed by atoms with Crippen LogP contribution in [0.4, 0.5) is 5.69 Å². The first-order valence-electron chi connectivity index (χ1n) is 11.0. The number of aromatic nitrogens is 1. The number of hydrogen-bond acceptors (Lipinski definition) is 6. The molecule has 8 heteroatoms. The standard InChI is InChI=1S/C27H22N2O6/c1-16-7-9-17(10-8-16)24-19-5-3-4-6-20(19)26(31)29(2)25(24)27(32)33-14-23(30)28-18-11-12-21-22(13-18)35-15-34-21/h3-13H,14-15H2,1-2H3,(H,28,30). The number of benzene rings is 3. The van der Waals surface area contributed by atoms with E-state index in [2.05, 4.69) is 5.32 Å². The second-order valence-electron chi connectivity index (χ2n) is 8.19. The maximum absolute atomic E-state index is 13.2. The highest BCUT2D eigenvalue weighted by Crippen LogP contribution is 2.34. The van der Waals surface area contributed by atoms with Crippen molar-refractivity contribution >= 4 is 28.3 Å². The molecule has 1 N–H and O–H groups in total. The molecule has 8 nitrogen and oxygen atoms in total. The molecule has 0 atom stereocenters. The molecule has 1 aliphatic rings. The van der Waals surface area contributed by atoms with E-state index in [4.69, 9.17) is 14.2 Å². The fourth-order valence-corrected chi connectivity index (χ4v) is 4.09. The molecule has 35 heavy (non-hydrogen) atoms. The van der Waals surface area contributed by atoms with Crippen molar-refractivity contribution in [3.8, 4) is 22.6 Å². The lowest BCUT2D eigenvalue weighted by molar-refractivity contribution is -0.119. The van der Waals surface area contributed by atoms with Gasteiger partial charge in [0.1, 0.15) is 5.69 Å². The average Bonchev–Trinajstić information content (AvgIpc) is 3.33. The Bertz CT molecular complexity index is 1520. The summed E-state index contributed by atoms with van der Waals surface area (Å²) in [7, 11) is 1.52. The SMILES string of the molecule is Cc1ccc(-c2c(C(=O)OCC(=O)Nc3ccc4c(c3)OCO4)n(C)c(=O)c3ccccc23)cc1. The molecule has 1 amide bonds. The fourth-order valence-electron chi connectivity index (χ4n) is 4.09. The quantitative estimate of drug-likeness (QED) is 0.443. The second-order valence-corrected chi connectivity index (χ2v) is 8.19. The zero-order valence-corrected chi connectivity index (χ0v) is 19.2. The molecular formula is C27H22N2O6. The first-order chi connectivity index (χ1) is 16.9. The molecule has 4 aromatic rings. The monoisotopic (exact) mass is 470 g/mol. The lowest BCUT2D eigenvalue weighted by atomic mass is 9.96. The minimum atomic E-state index is -0.772. The molecule has 0 bridgehead atoms. The van der Waals surface area contributed by atoms with Gasteiger partial charge in [0.25, 0.3) is 11.5 Å². The van der Waals surface area contributed by atoms with Crippen molar-refractivity contribution in [3.05, 3.63) is 88.3 Å². The van der Waals surface area contributed by atoms with Gasteiger partial charge in [-0.1, -0.05) is 48.0 Å². The van der Waals surface area contributed by atoms with Gasteiger partial charge in [0.05, 0.1) is 0 Å². The van der Waals surface area contributed by atoms with Crippen LogP contribution in [0.2, 0.25) is 0 Å². The maximum Gasteiger partial charge on any atom is 0.356 e. The largest absolute Gasteiger partial charge is 0.454 e. The van der Waals surface area contributed by atoms with Crippen LogP contribution in [-0.4, -0.2) is 29.8 Å². The molecular weight excluding hydrogens is 448 g/mol. The topological polar surface area (TPSA) is 95.9 Å². The molecule has 0 unspecified atom stereocenters. The van der Waals surface area contributed by atoms with Gasteiger partial charge in [0, 0.05) is 29.8 Å². The van der Waals surface area contributed by atoms with Crippen LogP contribution in [0.15, 0.2) is 71.5 Å². The van der Waals surface area contributed by atoms with Gasteiger partial charge < -0.3 is 24.1 Å². The van der Waals surface area contributed by atoms with Crippen LogP contribution in [0.25, 0.3) is 21.9 Å². The number of hydrogen-bond donors (Lipinski definition) is 1. The molecule has 0 fully saturated rings. The molecule has 0 radical (unpaired) electrons. The van der Waals surface area contributed by atoms with Gasteiger partial charge in [-0.15, -0.1) is 0 Å². The Morgan fingerprint density at radius 3 is 2.46 bits per heavy atom. The predicted octanol–water partition coefficient (Wildman–Crippen LogP) is 4.04. The molecule has 3 aromatic carbocycles. The number of amides is 1. The lowest BCUT2D eigenvalue weighted by Gasteiger charge is -2.17. The number of esters is 1. The summed E-state index contributed by atoms with van der Waals surface area (Å²) >= 11 is 0. The van der Waals surface area contributed by atoms with E-state index in [1.807, 2.05) is 37.3 Å². The van der Waals surface area contributed by atoms with Crippen LogP contribution in [-0.2, 0) is 16.6 Å². The van der Waals surface area contributed by atoms with Crippen LogP contribution in [0.5, 0.6) is 11.5 Å². The molecule has 1 aromatic heterocycles. The number of ether oxygens (including phenoxy) is 3. The Kier molecular flexibility index (Phi) is 5.70. The third kappa shape index (κ3) is 4.21. The Balaban J connectivity index is 1.44. The van der Waals surface area contributed by atoms with E-state index in [9.17, 15) is 14.4 Å². The number of carbonyl (C=O) groups excluding carboxylic acids is 2. The van der Waals surface area contributed by atoms with E-state index >= 15 is 0 Å². The van der Waals surface area contributed by atoms with Crippen molar-refractivity contribution in [1.82, 2.24) is 4.57 Å². The fraction of sp³-hybridized carbons (Fsp3) is 0.148. The third-order valence-corrected chi connectivity index (χ3v) is 5.83. The van der Waals surface area contributed by atoms with Crippen molar-refractivity contribution in [1.29, 1.82) is 0 Å². The third-order valence-electron chi connectivity index (χ3n) is 5.83. The molecule has 0 saturated heterocycles. The second kappa shape index (κ2) is 8.98. The van der Waals surface area contributed by atoms with Gasteiger partial charge in [-0.05, 0) is 36.1 Å². The van der Waals surface area contributed by atoms with Crippen LogP contribution in [0, 0.1) is 6.92 Å². The Labute approximate surface area is 200 Å². The number of carbonyl (C=O) groups is 2. The van der Waals surface area contributed by atoms with Crippen LogP contribution in [0.1, 0.15) is 16.1 Å². The van der Waals surface area contributed by atoms with Crippen molar-refractivity contribution in [2.45, 2.75) is 6.92 Å². The summed E-state index contributed by atoms with van der Waals surface area (Å²) < 4.78 is 17.2.